The van der Waals surface area contributed by atoms with Gasteiger partial charge in [0.2, 0.25) is 0 Å². The molecule has 0 aliphatic carbocycles. The van der Waals surface area contributed by atoms with Crippen molar-refractivity contribution in [3.05, 3.63) is 40.1 Å². The topological polar surface area (TPSA) is 71.5 Å². The first-order valence-electron chi connectivity index (χ1n) is 7.77. The van der Waals surface area contributed by atoms with Crippen molar-refractivity contribution in [1.29, 1.82) is 0 Å². The van der Waals surface area contributed by atoms with E-state index in [1.807, 2.05) is 20.8 Å². The molecule has 0 bridgehead atoms. The number of hydrogen-bond acceptors (Lipinski definition) is 5. The molecule has 132 valence electrons. The van der Waals surface area contributed by atoms with Crippen molar-refractivity contribution in [2.24, 2.45) is 0 Å². The molecule has 3 rings (SSSR count). The van der Waals surface area contributed by atoms with Crippen LogP contribution in [0.15, 0.2) is 24.4 Å². The molecule has 0 saturated carbocycles. The summed E-state index contributed by atoms with van der Waals surface area (Å²) in [6.45, 7) is 6.69. The fraction of sp³-hybridized carbons (Fsp3) is 0.353. The van der Waals surface area contributed by atoms with Gasteiger partial charge >= 0.3 is 6.09 Å². The van der Waals surface area contributed by atoms with Gasteiger partial charge in [-0.25, -0.2) is 14.2 Å². The van der Waals surface area contributed by atoms with Gasteiger partial charge in [0.25, 0.3) is 5.91 Å². The number of benzene rings is 1. The average molecular weight is 363 g/mol. The number of carbonyl (C=O) groups excluding carboxylic acids is 2. The highest BCUT2D eigenvalue weighted by Crippen LogP contribution is 2.29. The average Bonchev–Trinajstić information content (AvgIpc) is 3.18. The second-order valence-electron chi connectivity index (χ2n) is 6.66. The van der Waals surface area contributed by atoms with E-state index in [0.29, 0.717) is 17.1 Å². The minimum Gasteiger partial charge on any atom is -0.447 e. The standard InChI is InChI=1S/C17H18FN3O3S/c1-17(2,3)15-19-9-13(25-15)14(22)20-12-8-10(4-5-11(12)18)21-6-7-24-16(21)23/h4-5,8-9H,6-7H2,1-3H3,(H,20,22). The summed E-state index contributed by atoms with van der Waals surface area (Å²) in [5, 5.41) is 3.37. The number of nitrogens with zero attached hydrogens (tertiary/aromatic N) is 2. The van der Waals surface area contributed by atoms with E-state index in [2.05, 4.69) is 10.3 Å². The number of nitrogens with one attached hydrogen (secondary N) is 1. The van der Waals surface area contributed by atoms with Crippen LogP contribution in [0, 0.1) is 5.82 Å². The molecule has 8 heteroatoms. The highest BCUT2D eigenvalue weighted by molar-refractivity contribution is 7.13. The number of hydrogen-bond donors (Lipinski definition) is 1. The predicted octanol–water partition coefficient (Wildman–Crippen LogP) is 3.79. The quantitative estimate of drug-likeness (QED) is 0.901. The zero-order valence-electron chi connectivity index (χ0n) is 14.1. The van der Waals surface area contributed by atoms with Gasteiger partial charge in [-0.1, -0.05) is 20.8 Å². The Morgan fingerprint density at radius 3 is 2.76 bits per heavy atom. The van der Waals surface area contributed by atoms with Gasteiger partial charge in [0.15, 0.2) is 0 Å². The first-order valence-corrected chi connectivity index (χ1v) is 8.59. The van der Waals surface area contributed by atoms with Crippen LogP contribution < -0.4 is 10.2 Å². The van der Waals surface area contributed by atoms with Crippen LogP contribution in [0.5, 0.6) is 0 Å². The van der Waals surface area contributed by atoms with Gasteiger partial charge in [-0.15, -0.1) is 11.3 Å². The second-order valence-corrected chi connectivity index (χ2v) is 7.69. The van der Waals surface area contributed by atoms with Crippen LogP contribution in [-0.4, -0.2) is 30.1 Å². The Morgan fingerprint density at radius 1 is 1.40 bits per heavy atom. The van der Waals surface area contributed by atoms with E-state index in [9.17, 15) is 14.0 Å². The lowest BCUT2D eigenvalue weighted by Crippen LogP contribution is -2.23. The van der Waals surface area contributed by atoms with Gasteiger partial charge in [0.1, 0.15) is 17.3 Å². The Bertz CT molecular complexity index is 829. The van der Waals surface area contributed by atoms with Gasteiger partial charge in [-0.3, -0.25) is 9.69 Å². The van der Waals surface area contributed by atoms with Crippen LogP contribution >= 0.6 is 11.3 Å². The van der Waals surface area contributed by atoms with Crippen LogP contribution in [-0.2, 0) is 10.2 Å². The smallest absolute Gasteiger partial charge is 0.414 e. The van der Waals surface area contributed by atoms with Gasteiger partial charge < -0.3 is 10.1 Å². The maximum Gasteiger partial charge on any atom is 0.414 e. The summed E-state index contributed by atoms with van der Waals surface area (Å²) in [5.74, 6) is -1.02. The number of anilines is 2. The van der Waals surface area contributed by atoms with Crippen molar-refractivity contribution in [1.82, 2.24) is 4.98 Å². The number of rotatable bonds is 3. The summed E-state index contributed by atoms with van der Waals surface area (Å²) in [4.78, 5) is 30.1. The van der Waals surface area contributed by atoms with Gasteiger partial charge in [0.05, 0.1) is 23.4 Å². The number of aromatic nitrogens is 1. The minimum atomic E-state index is -0.578. The summed E-state index contributed by atoms with van der Waals surface area (Å²) in [7, 11) is 0. The SMILES string of the molecule is CC(C)(C)c1ncc(C(=O)Nc2cc(N3CCOC3=O)ccc2F)s1. The summed E-state index contributed by atoms with van der Waals surface area (Å²) in [6.07, 6.45) is 1.00. The molecule has 0 radical (unpaired) electrons. The monoisotopic (exact) mass is 363 g/mol. The van der Waals surface area contributed by atoms with E-state index >= 15 is 0 Å². The molecule has 6 nitrogen and oxygen atoms in total. The number of thiazole rings is 1. The summed E-state index contributed by atoms with van der Waals surface area (Å²) in [5.41, 5.74) is 0.316. The highest BCUT2D eigenvalue weighted by atomic mass is 32.1. The number of amides is 2. The number of carbonyl (C=O) groups is 2. The first kappa shape index (κ1) is 17.3. The maximum atomic E-state index is 14.1. The third-order valence-electron chi connectivity index (χ3n) is 3.64. The van der Waals surface area contributed by atoms with E-state index in [0.717, 1.165) is 5.01 Å². The molecule has 1 saturated heterocycles. The van der Waals surface area contributed by atoms with Gasteiger partial charge in [0, 0.05) is 11.1 Å². The van der Waals surface area contributed by atoms with Crippen molar-refractivity contribution >= 4 is 34.7 Å². The summed E-state index contributed by atoms with van der Waals surface area (Å²) >= 11 is 1.27. The molecule has 1 aliphatic heterocycles. The summed E-state index contributed by atoms with van der Waals surface area (Å²) in [6, 6.07) is 4.11. The molecule has 1 aromatic carbocycles. The van der Waals surface area contributed by atoms with Gasteiger partial charge in [-0.2, -0.15) is 0 Å². The lowest BCUT2D eigenvalue weighted by Gasteiger charge is -2.15. The van der Waals surface area contributed by atoms with Crippen molar-refractivity contribution in [2.45, 2.75) is 26.2 Å². The molecule has 1 aromatic heterocycles. The van der Waals surface area contributed by atoms with E-state index in [4.69, 9.17) is 4.74 Å². The van der Waals surface area contributed by atoms with E-state index in [1.165, 1.54) is 40.6 Å². The maximum absolute atomic E-state index is 14.1. The fourth-order valence-electron chi connectivity index (χ4n) is 2.31. The molecule has 0 atom stereocenters. The molecule has 1 aliphatic rings. The Morgan fingerprint density at radius 2 is 2.16 bits per heavy atom. The minimum absolute atomic E-state index is 0.00732. The van der Waals surface area contributed by atoms with E-state index < -0.39 is 17.8 Å². The Labute approximate surface area is 148 Å². The first-order chi connectivity index (χ1) is 11.8. The Kier molecular flexibility index (Phi) is 4.47. The third kappa shape index (κ3) is 3.63. The molecule has 2 heterocycles. The Balaban J connectivity index is 1.81. The molecule has 1 fully saturated rings. The van der Waals surface area contributed by atoms with Crippen LogP contribution in [0.2, 0.25) is 0 Å². The van der Waals surface area contributed by atoms with Crippen LogP contribution in [0.1, 0.15) is 35.5 Å². The number of cyclic esters (lactones) is 1. The second kappa shape index (κ2) is 6.44. The van der Waals surface area contributed by atoms with Gasteiger partial charge in [-0.05, 0) is 18.2 Å². The lowest BCUT2D eigenvalue weighted by atomic mass is 9.98. The van der Waals surface area contributed by atoms with Crippen molar-refractivity contribution in [3.63, 3.8) is 0 Å². The number of ether oxygens (including phenoxy) is 1. The fourth-order valence-corrected chi connectivity index (χ4v) is 3.18. The molecule has 0 spiro atoms. The molecule has 2 aromatic rings. The van der Waals surface area contributed by atoms with Crippen LogP contribution in [0.3, 0.4) is 0 Å². The molecule has 0 unspecified atom stereocenters. The van der Waals surface area contributed by atoms with E-state index in [1.54, 1.807) is 0 Å². The molecule has 2 amide bonds. The van der Waals surface area contributed by atoms with Crippen molar-refractivity contribution < 1.29 is 18.7 Å². The molecular weight excluding hydrogens is 345 g/mol. The molecular formula is C17H18FN3O3S. The molecule has 1 N–H and O–H groups in total. The van der Waals surface area contributed by atoms with Crippen molar-refractivity contribution in [3.8, 4) is 0 Å². The third-order valence-corrected chi connectivity index (χ3v) is 5.06. The van der Waals surface area contributed by atoms with Crippen molar-refractivity contribution in [2.75, 3.05) is 23.4 Å². The Hall–Kier alpha value is -2.48. The zero-order valence-corrected chi connectivity index (χ0v) is 14.9. The van der Waals surface area contributed by atoms with Crippen LogP contribution in [0.25, 0.3) is 0 Å². The lowest BCUT2D eigenvalue weighted by molar-refractivity contribution is 0.103. The predicted molar refractivity (Wildman–Crippen MR) is 93.9 cm³/mol. The zero-order chi connectivity index (χ0) is 18.2. The largest absolute Gasteiger partial charge is 0.447 e. The summed E-state index contributed by atoms with van der Waals surface area (Å²) < 4.78 is 18.9. The molecule has 25 heavy (non-hydrogen) atoms. The number of halogens is 1. The highest BCUT2D eigenvalue weighted by Gasteiger charge is 2.25. The van der Waals surface area contributed by atoms with Crippen LogP contribution in [0.4, 0.5) is 20.6 Å². The normalized spacial score (nSPS) is 14.6. The van der Waals surface area contributed by atoms with E-state index in [-0.39, 0.29) is 17.7 Å².